The number of alkyl halides is 8. The molecule has 128 valence electrons. The van der Waals surface area contributed by atoms with Crippen LogP contribution in [0.15, 0.2) is 24.3 Å². The van der Waals surface area contributed by atoms with Crippen LogP contribution >= 0.6 is 92.8 Å². The Kier molecular flexibility index (Phi) is 10.6. The molecule has 22 heavy (non-hydrogen) atoms. The normalized spacial score (nSPS) is 29.6. The molecule has 0 saturated heterocycles. The van der Waals surface area contributed by atoms with Crippen molar-refractivity contribution >= 4 is 92.8 Å². The van der Waals surface area contributed by atoms with Crippen molar-refractivity contribution in [2.45, 2.75) is 32.3 Å². The van der Waals surface area contributed by atoms with Gasteiger partial charge in [0.25, 0.3) is 0 Å². The third kappa shape index (κ3) is 5.95. The lowest BCUT2D eigenvalue weighted by atomic mass is 9.89. The van der Waals surface area contributed by atoms with Gasteiger partial charge in [-0.3, -0.25) is 0 Å². The average Bonchev–Trinajstić information content (AvgIpc) is 2.57. The summed E-state index contributed by atoms with van der Waals surface area (Å²) < 4.78 is 0. The van der Waals surface area contributed by atoms with Crippen LogP contribution in [0.1, 0.15) is 0 Å². The minimum Gasteiger partial charge on any atom is -0.125 e. The van der Waals surface area contributed by atoms with E-state index in [1.165, 1.54) is 0 Å². The molecule has 1 aliphatic carbocycles. The largest absolute Gasteiger partial charge is 0.125 e. The van der Waals surface area contributed by atoms with Gasteiger partial charge < -0.3 is 0 Å². The Hall–Kier alpha value is 1.80. The molecule has 0 radical (unpaired) electrons. The van der Waals surface area contributed by atoms with Crippen molar-refractivity contribution in [2.24, 2.45) is 11.8 Å². The number of hydrogen-bond donors (Lipinski definition) is 0. The van der Waals surface area contributed by atoms with E-state index in [9.17, 15) is 0 Å². The lowest BCUT2D eigenvalue weighted by Gasteiger charge is -2.29. The van der Waals surface area contributed by atoms with Crippen LogP contribution in [0, 0.1) is 11.8 Å². The molecule has 0 aromatic carbocycles. The fourth-order valence-electron chi connectivity index (χ4n) is 2.06. The van der Waals surface area contributed by atoms with Crippen molar-refractivity contribution in [3.05, 3.63) is 24.3 Å². The second-order valence-electron chi connectivity index (χ2n) is 5.04. The van der Waals surface area contributed by atoms with Crippen LogP contribution in [0.4, 0.5) is 0 Å². The Morgan fingerprint density at radius 2 is 0.864 bits per heavy atom. The summed E-state index contributed by atoms with van der Waals surface area (Å²) in [6.07, 6.45) is 7.83. The maximum atomic E-state index is 6.37. The molecule has 0 aromatic heterocycles. The van der Waals surface area contributed by atoms with E-state index >= 15 is 0 Å². The van der Waals surface area contributed by atoms with Crippen LogP contribution in [0.5, 0.6) is 0 Å². The van der Waals surface area contributed by atoms with Gasteiger partial charge in [0.05, 0.1) is 32.3 Å². The van der Waals surface area contributed by atoms with Gasteiger partial charge in [-0.25, -0.2) is 0 Å². The summed E-state index contributed by atoms with van der Waals surface area (Å²) in [5.74, 6) is 0.411. The zero-order chi connectivity index (χ0) is 16.9. The van der Waals surface area contributed by atoms with Gasteiger partial charge in [0.15, 0.2) is 0 Å². The molecule has 0 amide bonds. The summed E-state index contributed by atoms with van der Waals surface area (Å²) in [5.41, 5.74) is 0. The second-order valence-corrected chi connectivity index (χ2v) is 8.80. The third-order valence-electron chi connectivity index (χ3n) is 3.44. The Bertz CT molecular complexity index is 337. The number of hydrogen-bond acceptors (Lipinski definition) is 0. The highest BCUT2D eigenvalue weighted by Gasteiger charge is 2.33. The molecule has 0 aromatic rings. The van der Waals surface area contributed by atoms with Crippen molar-refractivity contribution in [3.8, 4) is 0 Å². The van der Waals surface area contributed by atoms with Crippen molar-refractivity contribution in [2.75, 3.05) is 11.8 Å². The molecule has 0 bridgehead atoms. The van der Waals surface area contributed by atoms with Crippen molar-refractivity contribution in [1.82, 2.24) is 0 Å². The molecule has 0 fully saturated rings. The van der Waals surface area contributed by atoms with E-state index in [4.69, 9.17) is 92.8 Å². The van der Waals surface area contributed by atoms with E-state index in [0.29, 0.717) is 0 Å². The highest BCUT2D eigenvalue weighted by atomic mass is 35.5. The fourth-order valence-corrected chi connectivity index (χ4v) is 4.29. The molecule has 6 atom stereocenters. The van der Waals surface area contributed by atoms with Gasteiger partial charge in [-0.2, -0.15) is 0 Å². The van der Waals surface area contributed by atoms with Crippen LogP contribution in [0.3, 0.4) is 0 Å². The minimum atomic E-state index is -0.437. The number of rotatable bonds is 8. The zero-order valence-electron chi connectivity index (χ0n) is 11.4. The van der Waals surface area contributed by atoms with Gasteiger partial charge in [-0.15, -0.1) is 92.8 Å². The molecule has 1 rings (SSSR count). The van der Waals surface area contributed by atoms with Gasteiger partial charge in [0, 0.05) is 23.6 Å². The van der Waals surface area contributed by atoms with Gasteiger partial charge in [0.2, 0.25) is 0 Å². The molecule has 0 saturated carbocycles. The van der Waals surface area contributed by atoms with Crippen LogP contribution < -0.4 is 0 Å². The highest BCUT2D eigenvalue weighted by molar-refractivity contribution is 6.38. The Morgan fingerprint density at radius 1 is 0.591 bits per heavy atom. The lowest BCUT2D eigenvalue weighted by Crippen LogP contribution is -2.34. The number of allylic oxidation sites excluding steroid dienone is 4. The van der Waals surface area contributed by atoms with Crippen LogP contribution in [-0.4, -0.2) is 44.0 Å². The molecule has 1 aliphatic rings. The summed E-state index contributed by atoms with van der Waals surface area (Å²) in [5, 5.41) is -2.38. The summed E-state index contributed by atoms with van der Waals surface area (Å²) in [6, 6.07) is 0. The molecule has 0 spiro atoms. The van der Waals surface area contributed by atoms with E-state index < -0.39 is 10.8 Å². The SMILES string of the molecule is ClCC(Cl)C(Cl)C(Cl)C1C=CC(C(Cl)C(Cl)C(Cl)CCl)C=C1. The van der Waals surface area contributed by atoms with Gasteiger partial charge in [-0.05, 0) is 0 Å². The first-order valence-corrected chi connectivity index (χ1v) is 10.3. The van der Waals surface area contributed by atoms with Crippen molar-refractivity contribution < 1.29 is 0 Å². The Labute approximate surface area is 172 Å². The number of halogens is 8. The maximum absolute atomic E-state index is 6.37. The summed E-state index contributed by atoms with van der Waals surface area (Å²) in [4.78, 5) is 0. The van der Waals surface area contributed by atoms with Crippen LogP contribution in [0.25, 0.3) is 0 Å². The van der Waals surface area contributed by atoms with Gasteiger partial charge in [-0.1, -0.05) is 24.3 Å². The average molecular weight is 468 g/mol. The van der Waals surface area contributed by atoms with E-state index in [1.54, 1.807) is 0 Å². The van der Waals surface area contributed by atoms with E-state index in [2.05, 4.69) is 0 Å². The smallest absolute Gasteiger partial charge is 0.0683 e. The Morgan fingerprint density at radius 3 is 1.09 bits per heavy atom. The maximum Gasteiger partial charge on any atom is 0.0683 e. The third-order valence-corrected chi connectivity index (χ3v) is 8.07. The van der Waals surface area contributed by atoms with E-state index in [-0.39, 0.29) is 45.1 Å². The highest BCUT2D eigenvalue weighted by Crippen LogP contribution is 2.33. The monoisotopic (exact) mass is 464 g/mol. The predicted molar refractivity (Wildman–Crippen MR) is 105 cm³/mol. The van der Waals surface area contributed by atoms with Gasteiger partial charge >= 0.3 is 0 Å². The Balaban J connectivity index is 2.64. The minimum absolute atomic E-state index is 0.0395. The molecule has 6 unspecified atom stereocenters. The van der Waals surface area contributed by atoms with E-state index in [0.717, 1.165) is 0 Å². The van der Waals surface area contributed by atoms with Gasteiger partial charge in [0.1, 0.15) is 0 Å². The van der Waals surface area contributed by atoms with Crippen molar-refractivity contribution in [3.63, 3.8) is 0 Å². The fraction of sp³-hybridized carbons (Fsp3) is 0.714. The zero-order valence-corrected chi connectivity index (χ0v) is 17.4. The quantitative estimate of drug-likeness (QED) is 0.283. The molecule has 0 heterocycles. The molecular weight excluding hydrogens is 452 g/mol. The second kappa shape index (κ2) is 10.7. The van der Waals surface area contributed by atoms with Crippen molar-refractivity contribution in [1.29, 1.82) is 0 Å². The summed E-state index contributed by atoms with van der Waals surface area (Å²) >= 11 is 48.7. The standard InChI is InChI=1S/C14H16Cl8/c15-5-9(17)13(21)11(19)7-1-2-8(4-3-7)12(20)14(22)10(18)6-16/h1-4,7-14H,5-6H2. The molecule has 0 nitrogen and oxygen atoms in total. The summed E-state index contributed by atoms with van der Waals surface area (Å²) in [7, 11) is 0. The first-order valence-electron chi connectivity index (χ1n) is 6.66. The summed E-state index contributed by atoms with van der Waals surface area (Å²) in [6.45, 7) is 0. The predicted octanol–water partition coefficient (Wildman–Crippen LogP) is 6.47. The molecule has 0 aliphatic heterocycles. The first-order chi connectivity index (χ1) is 10.3. The van der Waals surface area contributed by atoms with Crippen LogP contribution in [0.2, 0.25) is 0 Å². The lowest BCUT2D eigenvalue weighted by molar-refractivity contribution is 0.616. The molecule has 0 N–H and O–H groups in total. The van der Waals surface area contributed by atoms with Crippen LogP contribution in [-0.2, 0) is 0 Å². The first kappa shape index (κ1) is 21.8. The molecule has 8 heteroatoms. The van der Waals surface area contributed by atoms with E-state index in [1.807, 2.05) is 24.3 Å². The topological polar surface area (TPSA) is 0 Å². The molecular formula is C14H16Cl8.